The van der Waals surface area contributed by atoms with E-state index in [4.69, 9.17) is 0 Å². The number of rotatable bonds is 4. The van der Waals surface area contributed by atoms with Gasteiger partial charge in [-0.2, -0.15) is 5.26 Å². The maximum absolute atomic E-state index is 9.36. The van der Waals surface area contributed by atoms with Gasteiger partial charge in [-0.3, -0.25) is 0 Å². The minimum absolute atomic E-state index is 0.472. The van der Waals surface area contributed by atoms with Crippen LogP contribution in [0.1, 0.15) is 61.0 Å². The van der Waals surface area contributed by atoms with E-state index in [2.05, 4.69) is 48.4 Å². The largest absolute Gasteiger partial charge is 0.216 e. The second-order valence-electron chi connectivity index (χ2n) is 6.80. The molecule has 1 aromatic heterocycles. The quantitative estimate of drug-likeness (QED) is 0.847. The van der Waals surface area contributed by atoms with Crippen molar-refractivity contribution in [1.29, 1.82) is 5.26 Å². The molecule has 4 nitrogen and oxygen atoms in total. The van der Waals surface area contributed by atoms with E-state index in [-0.39, 0.29) is 0 Å². The highest BCUT2D eigenvalue weighted by Crippen LogP contribution is 2.28. The summed E-state index contributed by atoms with van der Waals surface area (Å²) in [6.45, 7) is 4.17. The van der Waals surface area contributed by atoms with Crippen LogP contribution in [0.5, 0.6) is 0 Å². The summed E-state index contributed by atoms with van der Waals surface area (Å²) in [5.41, 5.74) is 4.85. The zero-order valence-electron chi connectivity index (χ0n) is 14.0. The molecule has 0 bridgehead atoms. The molecular formula is C19H24N4. The van der Waals surface area contributed by atoms with E-state index in [9.17, 15) is 5.26 Å². The van der Waals surface area contributed by atoms with Gasteiger partial charge in [0.05, 0.1) is 11.4 Å². The number of nitriles is 1. The summed E-state index contributed by atoms with van der Waals surface area (Å²) >= 11 is 0. The first-order valence-corrected chi connectivity index (χ1v) is 8.60. The third-order valence-electron chi connectivity index (χ3n) is 4.83. The van der Waals surface area contributed by atoms with Gasteiger partial charge >= 0.3 is 0 Å². The van der Waals surface area contributed by atoms with Crippen LogP contribution in [-0.4, -0.2) is 15.0 Å². The fourth-order valence-electron chi connectivity index (χ4n) is 3.71. The van der Waals surface area contributed by atoms with Crippen molar-refractivity contribution in [2.45, 2.75) is 58.8 Å². The number of aromatic nitrogens is 3. The van der Waals surface area contributed by atoms with Crippen LogP contribution in [0.15, 0.2) is 18.2 Å². The SMILES string of the molecule is Cc1cc(C)cc(-n2nnc(C#N)c2CCC2CCCCC2)c1. The maximum Gasteiger partial charge on any atom is 0.186 e. The zero-order valence-corrected chi connectivity index (χ0v) is 14.0. The third-order valence-corrected chi connectivity index (χ3v) is 4.83. The Bertz CT molecular complexity index is 697. The molecule has 1 aliphatic carbocycles. The summed E-state index contributed by atoms with van der Waals surface area (Å²) in [7, 11) is 0. The summed E-state index contributed by atoms with van der Waals surface area (Å²) in [5.74, 6) is 0.790. The van der Waals surface area contributed by atoms with E-state index >= 15 is 0 Å². The number of hydrogen-bond donors (Lipinski definition) is 0. The highest BCUT2D eigenvalue weighted by Gasteiger charge is 2.18. The molecule has 0 aliphatic heterocycles. The molecule has 1 fully saturated rings. The Balaban J connectivity index is 1.86. The fourth-order valence-corrected chi connectivity index (χ4v) is 3.71. The number of nitrogens with zero attached hydrogens (tertiary/aromatic N) is 4. The lowest BCUT2D eigenvalue weighted by Crippen LogP contribution is -2.10. The first kappa shape index (κ1) is 15.7. The lowest BCUT2D eigenvalue weighted by Gasteiger charge is -2.21. The average Bonchev–Trinajstić information content (AvgIpc) is 2.96. The van der Waals surface area contributed by atoms with Gasteiger partial charge in [0, 0.05) is 0 Å². The van der Waals surface area contributed by atoms with Crippen molar-refractivity contribution >= 4 is 0 Å². The van der Waals surface area contributed by atoms with Crippen molar-refractivity contribution < 1.29 is 0 Å². The van der Waals surface area contributed by atoms with Gasteiger partial charge in [0.15, 0.2) is 5.69 Å². The van der Waals surface area contributed by atoms with E-state index in [1.807, 2.05) is 4.68 Å². The third kappa shape index (κ3) is 3.61. The first-order valence-electron chi connectivity index (χ1n) is 8.60. The average molecular weight is 308 g/mol. The van der Waals surface area contributed by atoms with Crippen LogP contribution in [0.4, 0.5) is 0 Å². The van der Waals surface area contributed by atoms with Crippen LogP contribution in [0.3, 0.4) is 0 Å². The number of benzene rings is 1. The summed E-state index contributed by atoms with van der Waals surface area (Å²) in [4.78, 5) is 0. The Labute approximate surface area is 138 Å². The standard InChI is InChI=1S/C19H24N4/c1-14-10-15(2)12-17(11-14)23-19(18(13-20)21-22-23)9-8-16-6-4-3-5-7-16/h10-12,16H,3-9H2,1-2H3. The van der Waals surface area contributed by atoms with Gasteiger partial charge < -0.3 is 0 Å². The van der Waals surface area contributed by atoms with Crippen LogP contribution in [0, 0.1) is 31.1 Å². The topological polar surface area (TPSA) is 54.5 Å². The normalized spacial score (nSPS) is 15.5. The van der Waals surface area contributed by atoms with Gasteiger partial charge in [0.1, 0.15) is 6.07 Å². The van der Waals surface area contributed by atoms with Gasteiger partial charge in [-0.15, -0.1) is 5.10 Å². The van der Waals surface area contributed by atoms with E-state index in [1.54, 1.807) is 0 Å². The van der Waals surface area contributed by atoms with Crippen molar-refractivity contribution in [3.05, 3.63) is 40.7 Å². The molecule has 1 aromatic carbocycles. The van der Waals surface area contributed by atoms with Gasteiger partial charge in [0.2, 0.25) is 0 Å². The van der Waals surface area contributed by atoms with Crippen LogP contribution in [0.2, 0.25) is 0 Å². The molecule has 1 saturated carbocycles. The first-order chi connectivity index (χ1) is 11.2. The van der Waals surface area contributed by atoms with Crippen LogP contribution in [-0.2, 0) is 6.42 Å². The Kier molecular flexibility index (Phi) is 4.76. The van der Waals surface area contributed by atoms with E-state index in [1.165, 1.54) is 43.2 Å². The Morgan fingerprint density at radius 2 is 1.83 bits per heavy atom. The summed E-state index contributed by atoms with van der Waals surface area (Å²) in [6.07, 6.45) is 8.75. The van der Waals surface area contributed by atoms with Gasteiger partial charge in [-0.25, -0.2) is 4.68 Å². The van der Waals surface area contributed by atoms with Crippen molar-refractivity contribution in [1.82, 2.24) is 15.0 Å². The molecule has 0 amide bonds. The predicted molar refractivity (Wildman–Crippen MR) is 90.4 cm³/mol. The molecule has 1 aliphatic rings. The van der Waals surface area contributed by atoms with E-state index in [0.29, 0.717) is 5.69 Å². The lowest BCUT2D eigenvalue weighted by atomic mass is 9.85. The van der Waals surface area contributed by atoms with E-state index in [0.717, 1.165) is 30.1 Å². The van der Waals surface area contributed by atoms with Crippen LogP contribution in [0.25, 0.3) is 5.69 Å². The zero-order chi connectivity index (χ0) is 16.2. The van der Waals surface area contributed by atoms with Crippen LogP contribution >= 0.6 is 0 Å². The number of aryl methyl sites for hydroxylation is 2. The second-order valence-corrected chi connectivity index (χ2v) is 6.80. The van der Waals surface area contributed by atoms with Crippen LogP contribution < -0.4 is 0 Å². The molecule has 120 valence electrons. The molecule has 0 unspecified atom stereocenters. The molecule has 0 atom stereocenters. The van der Waals surface area contributed by atoms with Crippen molar-refractivity contribution in [2.24, 2.45) is 5.92 Å². The Morgan fingerprint density at radius 3 is 2.48 bits per heavy atom. The smallest absolute Gasteiger partial charge is 0.186 e. The predicted octanol–water partition coefficient (Wildman–Crippen LogP) is 4.27. The molecule has 0 saturated heterocycles. The molecular weight excluding hydrogens is 284 g/mol. The minimum atomic E-state index is 0.472. The Morgan fingerprint density at radius 1 is 1.13 bits per heavy atom. The molecule has 0 spiro atoms. The minimum Gasteiger partial charge on any atom is -0.216 e. The van der Waals surface area contributed by atoms with Crippen molar-refractivity contribution in [2.75, 3.05) is 0 Å². The summed E-state index contributed by atoms with van der Waals surface area (Å²) in [6, 6.07) is 8.56. The van der Waals surface area contributed by atoms with Crippen molar-refractivity contribution in [3.63, 3.8) is 0 Å². The highest BCUT2D eigenvalue weighted by atomic mass is 15.4. The summed E-state index contributed by atoms with van der Waals surface area (Å²) in [5, 5.41) is 17.7. The lowest BCUT2D eigenvalue weighted by molar-refractivity contribution is 0.337. The molecule has 4 heteroatoms. The summed E-state index contributed by atoms with van der Waals surface area (Å²) < 4.78 is 1.86. The van der Waals surface area contributed by atoms with E-state index < -0.39 is 0 Å². The maximum atomic E-state index is 9.36. The number of hydrogen-bond acceptors (Lipinski definition) is 3. The molecule has 23 heavy (non-hydrogen) atoms. The monoisotopic (exact) mass is 308 g/mol. The van der Waals surface area contributed by atoms with Gasteiger partial charge in [-0.1, -0.05) is 43.4 Å². The second kappa shape index (κ2) is 6.95. The molecule has 1 heterocycles. The van der Waals surface area contributed by atoms with Gasteiger partial charge in [-0.05, 0) is 55.9 Å². The molecule has 2 aromatic rings. The van der Waals surface area contributed by atoms with Crippen molar-refractivity contribution in [3.8, 4) is 11.8 Å². The molecule has 0 N–H and O–H groups in total. The van der Waals surface area contributed by atoms with Gasteiger partial charge in [0.25, 0.3) is 0 Å². The fraction of sp³-hybridized carbons (Fsp3) is 0.526. The highest BCUT2D eigenvalue weighted by molar-refractivity contribution is 5.41. The molecule has 3 rings (SSSR count). The molecule has 0 radical (unpaired) electrons. The Hall–Kier alpha value is -2.15.